The maximum Gasteiger partial charge on any atom is 0.269 e. The number of hydrogen-bond donors (Lipinski definition) is 1. The summed E-state index contributed by atoms with van der Waals surface area (Å²) >= 11 is 0. The van der Waals surface area contributed by atoms with Gasteiger partial charge in [-0.3, -0.25) is 14.9 Å². The molecule has 0 aliphatic heterocycles. The summed E-state index contributed by atoms with van der Waals surface area (Å²) in [4.78, 5) is 22.6. The van der Waals surface area contributed by atoms with Crippen molar-refractivity contribution < 1.29 is 14.1 Å². The van der Waals surface area contributed by atoms with Crippen LogP contribution < -0.4 is 5.32 Å². The van der Waals surface area contributed by atoms with E-state index in [1.54, 1.807) is 36.4 Å². The van der Waals surface area contributed by atoms with Gasteiger partial charge in [0, 0.05) is 29.5 Å². The Hall–Kier alpha value is -4.18. The molecular formula is C21H15N3O4. The molecule has 28 heavy (non-hydrogen) atoms. The minimum absolute atomic E-state index is 0.0185. The van der Waals surface area contributed by atoms with E-state index >= 15 is 0 Å². The number of rotatable bonds is 5. The van der Waals surface area contributed by atoms with Gasteiger partial charge < -0.3 is 9.73 Å². The van der Waals surface area contributed by atoms with Crippen LogP contribution in [0.4, 0.5) is 11.4 Å². The Morgan fingerprint density at radius 2 is 1.93 bits per heavy atom. The van der Waals surface area contributed by atoms with E-state index in [4.69, 9.17) is 4.42 Å². The number of aryl methyl sites for hydroxylation is 1. The topological polar surface area (TPSA) is 109 Å². The van der Waals surface area contributed by atoms with Crippen molar-refractivity contribution in [3.05, 3.63) is 87.7 Å². The number of carbonyl (C=O) groups excluding carboxylic acids is 1. The number of non-ortho nitro benzene ring substituents is 1. The van der Waals surface area contributed by atoms with Crippen LogP contribution in [0.15, 0.2) is 70.7 Å². The summed E-state index contributed by atoms with van der Waals surface area (Å²) < 4.78 is 5.64. The second-order valence-electron chi connectivity index (χ2n) is 6.00. The molecule has 7 nitrogen and oxygen atoms in total. The summed E-state index contributed by atoms with van der Waals surface area (Å²) in [5.74, 6) is 0.253. The molecule has 0 spiro atoms. The predicted molar refractivity (Wildman–Crippen MR) is 104 cm³/mol. The van der Waals surface area contributed by atoms with Crippen LogP contribution in [0, 0.1) is 28.4 Å². The highest BCUT2D eigenvalue weighted by molar-refractivity contribution is 6.09. The van der Waals surface area contributed by atoms with Gasteiger partial charge in [0.15, 0.2) is 0 Å². The Balaban J connectivity index is 1.79. The number of nitrogens with one attached hydrogen (secondary N) is 1. The summed E-state index contributed by atoms with van der Waals surface area (Å²) in [6.07, 6.45) is 1.35. The van der Waals surface area contributed by atoms with Crippen molar-refractivity contribution in [3.8, 4) is 17.4 Å². The molecule has 0 saturated heterocycles. The largest absolute Gasteiger partial charge is 0.457 e. The van der Waals surface area contributed by atoms with Crippen LogP contribution in [0.2, 0.25) is 0 Å². The van der Waals surface area contributed by atoms with Crippen LogP contribution >= 0.6 is 0 Å². The fourth-order valence-electron chi connectivity index (χ4n) is 2.55. The Bertz CT molecular complexity index is 1110. The quantitative estimate of drug-likeness (QED) is 0.301. The number of carbonyl (C=O) groups is 1. The molecule has 0 radical (unpaired) electrons. The van der Waals surface area contributed by atoms with Gasteiger partial charge in [0.05, 0.1) is 4.92 Å². The molecule has 0 aliphatic carbocycles. The molecular weight excluding hydrogens is 358 g/mol. The highest BCUT2D eigenvalue weighted by Crippen LogP contribution is 2.25. The molecule has 7 heteroatoms. The zero-order valence-corrected chi connectivity index (χ0v) is 14.9. The van der Waals surface area contributed by atoms with Crippen LogP contribution in [0.25, 0.3) is 17.4 Å². The van der Waals surface area contributed by atoms with Gasteiger partial charge in [-0.1, -0.05) is 12.1 Å². The lowest BCUT2D eigenvalue weighted by Crippen LogP contribution is -2.13. The van der Waals surface area contributed by atoms with Gasteiger partial charge in [-0.25, -0.2) is 0 Å². The molecule has 0 fully saturated rings. The average Bonchev–Trinajstić information content (AvgIpc) is 3.14. The standard InChI is InChI=1S/C21H15N3O4/c1-14-3-2-4-17(11-14)23-21(25)16(13-22)12-19-9-10-20(28-19)15-5-7-18(8-6-15)24(26)27/h2-12H,1H3,(H,23,25). The monoisotopic (exact) mass is 373 g/mol. The fraction of sp³-hybridized carbons (Fsp3) is 0.0476. The van der Waals surface area contributed by atoms with E-state index in [0.29, 0.717) is 22.8 Å². The average molecular weight is 373 g/mol. The summed E-state index contributed by atoms with van der Waals surface area (Å²) in [6.45, 7) is 1.90. The fourth-order valence-corrected chi connectivity index (χ4v) is 2.55. The molecule has 1 amide bonds. The van der Waals surface area contributed by atoms with Crippen molar-refractivity contribution in [1.29, 1.82) is 5.26 Å². The predicted octanol–water partition coefficient (Wildman–Crippen LogP) is 4.71. The number of nitro benzene ring substituents is 1. The molecule has 1 N–H and O–H groups in total. The number of nitrogens with zero attached hydrogens (tertiary/aromatic N) is 2. The number of anilines is 1. The Morgan fingerprint density at radius 3 is 2.57 bits per heavy atom. The molecule has 0 bridgehead atoms. The van der Waals surface area contributed by atoms with Crippen LogP contribution in [-0.4, -0.2) is 10.8 Å². The Morgan fingerprint density at radius 1 is 1.18 bits per heavy atom. The van der Waals surface area contributed by atoms with Crippen LogP contribution in [-0.2, 0) is 4.79 Å². The van der Waals surface area contributed by atoms with Crippen molar-refractivity contribution in [2.75, 3.05) is 5.32 Å². The molecule has 0 atom stereocenters. The highest BCUT2D eigenvalue weighted by Gasteiger charge is 2.12. The highest BCUT2D eigenvalue weighted by atomic mass is 16.6. The van der Waals surface area contributed by atoms with Gasteiger partial charge in [-0.2, -0.15) is 5.26 Å². The Kier molecular flexibility index (Phi) is 5.33. The number of amides is 1. The lowest BCUT2D eigenvalue weighted by atomic mass is 10.1. The summed E-state index contributed by atoms with van der Waals surface area (Å²) in [6, 6.07) is 18.3. The Labute approximate surface area is 160 Å². The van der Waals surface area contributed by atoms with Crippen LogP contribution in [0.5, 0.6) is 0 Å². The van der Waals surface area contributed by atoms with E-state index in [1.807, 2.05) is 25.1 Å². The van der Waals surface area contributed by atoms with Crippen LogP contribution in [0.3, 0.4) is 0 Å². The molecule has 0 aliphatic rings. The van der Waals surface area contributed by atoms with Gasteiger partial charge >= 0.3 is 0 Å². The minimum Gasteiger partial charge on any atom is -0.457 e. The molecule has 3 aromatic rings. The van der Waals surface area contributed by atoms with Crippen molar-refractivity contribution >= 4 is 23.4 Å². The van der Waals surface area contributed by atoms with E-state index in [9.17, 15) is 20.2 Å². The van der Waals surface area contributed by atoms with Gasteiger partial charge in [-0.05, 0) is 48.9 Å². The molecule has 2 aromatic carbocycles. The SMILES string of the molecule is Cc1cccc(NC(=O)C(C#N)=Cc2ccc(-c3ccc([N+](=O)[O-])cc3)o2)c1. The van der Waals surface area contributed by atoms with Gasteiger partial charge in [-0.15, -0.1) is 0 Å². The third-order valence-electron chi connectivity index (χ3n) is 3.92. The first kappa shape index (κ1) is 18.6. The number of benzene rings is 2. The molecule has 0 unspecified atom stereocenters. The van der Waals surface area contributed by atoms with Crippen molar-refractivity contribution in [1.82, 2.24) is 0 Å². The van der Waals surface area contributed by atoms with Gasteiger partial charge in [0.25, 0.3) is 11.6 Å². The van der Waals surface area contributed by atoms with E-state index in [0.717, 1.165) is 5.56 Å². The smallest absolute Gasteiger partial charge is 0.269 e. The molecule has 1 aromatic heterocycles. The first-order chi connectivity index (χ1) is 13.5. The van der Waals surface area contributed by atoms with E-state index in [1.165, 1.54) is 18.2 Å². The number of hydrogen-bond acceptors (Lipinski definition) is 5. The normalized spacial score (nSPS) is 10.9. The summed E-state index contributed by atoms with van der Waals surface area (Å²) in [5, 5.41) is 22.7. The van der Waals surface area contributed by atoms with Gasteiger partial charge in [0.2, 0.25) is 0 Å². The lowest BCUT2D eigenvalue weighted by Gasteiger charge is -2.04. The minimum atomic E-state index is -0.540. The van der Waals surface area contributed by atoms with Crippen LogP contribution in [0.1, 0.15) is 11.3 Å². The van der Waals surface area contributed by atoms with Crippen molar-refractivity contribution in [2.24, 2.45) is 0 Å². The maximum absolute atomic E-state index is 12.3. The molecule has 3 rings (SSSR count). The summed E-state index contributed by atoms with van der Waals surface area (Å²) in [5.41, 5.74) is 2.10. The van der Waals surface area contributed by atoms with Crippen molar-refractivity contribution in [2.45, 2.75) is 6.92 Å². The first-order valence-corrected chi connectivity index (χ1v) is 8.31. The number of nitriles is 1. The number of furan rings is 1. The van der Waals surface area contributed by atoms with E-state index < -0.39 is 10.8 Å². The second-order valence-corrected chi connectivity index (χ2v) is 6.00. The maximum atomic E-state index is 12.3. The zero-order chi connectivity index (χ0) is 20.1. The third kappa shape index (κ3) is 4.31. The van der Waals surface area contributed by atoms with E-state index in [2.05, 4.69) is 5.32 Å². The molecule has 0 saturated carbocycles. The third-order valence-corrected chi connectivity index (χ3v) is 3.92. The summed E-state index contributed by atoms with van der Waals surface area (Å²) in [7, 11) is 0. The number of nitro groups is 1. The van der Waals surface area contributed by atoms with E-state index in [-0.39, 0.29) is 11.3 Å². The van der Waals surface area contributed by atoms with Crippen molar-refractivity contribution in [3.63, 3.8) is 0 Å². The zero-order valence-electron chi connectivity index (χ0n) is 14.9. The first-order valence-electron chi connectivity index (χ1n) is 8.31. The second kappa shape index (κ2) is 8.01. The molecule has 138 valence electrons. The molecule has 1 heterocycles. The van der Waals surface area contributed by atoms with Gasteiger partial charge in [0.1, 0.15) is 23.2 Å². The lowest BCUT2D eigenvalue weighted by molar-refractivity contribution is -0.384.